The molecule has 1 unspecified atom stereocenters. The number of hydrogen-bond donors (Lipinski definition) is 1. The van der Waals surface area contributed by atoms with Gasteiger partial charge in [-0.1, -0.05) is 0 Å². The van der Waals surface area contributed by atoms with E-state index in [0.717, 1.165) is 17.5 Å². The lowest BCUT2D eigenvalue weighted by molar-refractivity contribution is 0.179. The summed E-state index contributed by atoms with van der Waals surface area (Å²) in [5, 5.41) is 9.75. The molecule has 3 rings (SSSR count). The van der Waals surface area contributed by atoms with Crippen LogP contribution in [-0.2, 0) is 6.42 Å². The van der Waals surface area contributed by atoms with Crippen molar-refractivity contribution >= 4 is 0 Å². The number of rotatable bonds is 2. The lowest BCUT2D eigenvalue weighted by atomic mass is 10.1. The Morgan fingerprint density at radius 1 is 1.37 bits per heavy atom. The third-order valence-electron chi connectivity index (χ3n) is 3.52. The van der Waals surface area contributed by atoms with E-state index in [1.807, 2.05) is 6.07 Å². The first-order valence-corrected chi connectivity index (χ1v) is 6.20. The van der Waals surface area contributed by atoms with Gasteiger partial charge in [0.2, 0.25) is 0 Å². The molecule has 0 radical (unpaired) electrons. The Bertz CT molecular complexity index is 628. The Morgan fingerprint density at radius 2 is 2.21 bits per heavy atom. The molecule has 3 nitrogen and oxygen atoms in total. The van der Waals surface area contributed by atoms with Crippen molar-refractivity contribution in [3.63, 3.8) is 0 Å². The zero-order valence-electron chi connectivity index (χ0n) is 10.6. The highest BCUT2D eigenvalue weighted by Gasteiger charge is 2.21. The smallest absolute Gasteiger partial charge is 0.132 e. The van der Waals surface area contributed by atoms with E-state index in [9.17, 15) is 9.50 Å². The summed E-state index contributed by atoms with van der Waals surface area (Å²) in [5.74, 6) is 0.269. The fraction of sp³-hybridized carbons (Fsp3) is 0.267. The van der Waals surface area contributed by atoms with Crippen LogP contribution in [0.5, 0.6) is 5.75 Å². The second-order valence-corrected chi connectivity index (χ2v) is 4.67. The molecule has 0 spiro atoms. The second kappa shape index (κ2) is 4.63. The Balaban J connectivity index is 2.08. The van der Waals surface area contributed by atoms with E-state index in [-0.39, 0.29) is 5.82 Å². The van der Waals surface area contributed by atoms with Gasteiger partial charge in [-0.3, -0.25) is 4.98 Å². The Kier molecular flexibility index (Phi) is 2.95. The third kappa shape index (κ3) is 2.08. The second-order valence-electron chi connectivity index (χ2n) is 4.67. The molecule has 1 aromatic heterocycles. The van der Waals surface area contributed by atoms with Crippen molar-refractivity contribution in [3.05, 3.63) is 47.4 Å². The average Bonchev–Trinajstić information content (AvgIpc) is 2.80. The van der Waals surface area contributed by atoms with E-state index in [1.54, 1.807) is 25.4 Å². The molecular weight excluding hydrogens is 245 g/mol. The summed E-state index contributed by atoms with van der Waals surface area (Å²) in [7, 11) is 1.55. The van der Waals surface area contributed by atoms with Crippen molar-refractivity contribution in [2.24, 2.45) is 0 Å². The highest BCUT2D eigenvalue weighted by molar-refractivity contribution is 5.63. The summed E-state index contributed by atoms with van der Waals surface area (Å²) in [6, 6.07) is 6.44. The predicted molar refractivity (Wildman–Crippen MR) is 69.5 cm³/mol. The van der Waals surface area contributed by atoms with Gasteiger partial charge in [0.1, 0.15) is 11.6 Å². The van der Waals surface area contributed by atoms with Crippen LogP contribution in [0.4, 0.5) is 4.39 Å². The van der Waals surface area contributed by atoms with Gasteiger partial charge >= 0.3 is 0 Å². The van der Waals surface area contributed by atoms with Gasteiger partial charge in [-0.25, -0.2) is 4.39 Å². The largest absolute Gasteiger partial charge is 0.497 e. The molecule has 0 saturated heterocycles. The number of ether oxygens (including phenoxy) is 1. The van der Waals surface area contributed by atoms with Crippen molar-refractivity contribution in [1.82, 2.24) is 4.98 Å². The molecule has 0 saturated carbocycles. The van der Waals surface area contributed by atoms with Crippen LogP contribution < -0.4 is 4.74 Å². The third-order valence-corrected chi connectivity index (χ3v) is 3.52. The van der Waals surface area contributed by atoms with Gasteiger partial charge in [-0.05, 0) is 42.7 Å². The van der Waals surface area contributed by atoms with Crippen LogP contribution in [0.25, 0.3) is 11.3 Å². The Labute approximate surface area is 110 Å². The maximum Gasteiger partial charge on any atom is 0.132 e. The molecule has 0 bridgehead atoms. The van der Waals surface area contributed by atoms with Gasteiger partial charge in [0.15, 0.2) is 0 Å². The van der Waals surface area contributed by atoms with Gasteiger partial charge in [0.25, 0.3) is 0 Å². The molecule has 19 heavy (non-hydrogen) atoms. The molecule has 1 heterocycles. The Hall–Kier alpha value is -1.94. The molecule has 4 heteroatoms. The zero-order chi connectivity index (χ0) is 13.4. The predicted octanol–water partition coefficient (Wildman–Crippen LogP) is 2.88. The molecular formula is C15H14FNO2. The van der Waals surface area contributed by atoms with Crippen molar-refractivity contribution in [2.75, 3.05) is 7.11 Å². The summed E-state index contributed by atoms with van der Waals surface area (Å²) in [4.78, 5) is 4.25. The molecule has 1 atom stereocenters. The molecule has 1 aromatic carbocycles. The van der Waals surface area contributed by atoms with Crippen molar-refractivity contribution < 1.29 is 14.2 Å². The summed E-state index contributed by atoms with van der Waals surface area (Å²) < 4.78 is 19.0. The lowest BCUT2D eigenvalue weighted by Crippen LogP contribution is -1.95. The van der Waals surface area contributed by atoms with Gasteiger partial charge in [-0.2, -0.15) is 0 Å². The average molecular weight is 259 g/mol. The SMILES string of the molecule is COc1ccc(F)c(-c2cc3c(cn2)C(O)CC3)c1. The first-order valence-electron chi connectivity index (χ1n) is 6.20. The Morgan fingerprint density at radius 3 is 3.00 bits per heavy atom. The monoisotopic (exact) mass is 259 g/mol. The summed E-state index contributed by atoms with van der Waals surface area (Å²) in [6.07, 6.45) is 2.71. The maximum absolute atomic E-state index is 13.9. The number of aliphatic hydroxyl groups is 1. The van der Waals surface area contributed by atoms with Crippen LogP contribution in [0.1, 0.15) is 23.7 Å². The molecule has 0 aliphatic heterocycles. The zero-order valence-corrected chi connectivity index (χ0v) is 10.6. The number of nitrogens with zero attached hydrogens (tertiary/aromatic N) is 1. The van der Waals surface area contributed by atoms with E-state index < -0.39 is 6.10 Å². The lowest BCUT2D eigenvalue weighted by Gasteiger charge is -2.08. The van der Waals surface area contributed by atoms with Crippen LogP contribution in [0.2, 0.25) is 0 Å². The van der Waals surface area contributed by atoms with Gasteiger partial charge in [0.05, 0.1) is 18.9 Å². The van der Waals surface area contributed by atoms with E-state index >= 15 is 0 Å². The standard InChI is InChI=1S/C15H14FNO2/c1-19-10-3-4-13(16)11(7-10)14-6-9-2-5-15(18)12(9)8-17-14/h3-4,6-8,15,18H,2,5H2,1H3. The minimum atomic E-state index is -0.438. The van der Waals surface area contributed by atoms with Crippen molar-refractivity contribution in [3.8, 4) is 17.0 Å². The number of aryl methyl sites for hydroxylation is 1. The number of fused-ring (bicyclic) bond motifs is 1. The number of halogens is 1. The fourth-order valence-corrected chi connectivity index (χ4v) is 2.45. The van der Waals surface area contributed by atoms with Gasteiger partial charge in [0, 0.05) is 17.3 Å². The topological polar surface area (TPSA) is 42.4 Å². The number of aliphatic hydroxyl groups excluding tert-OH is 1. The van der Waals surface area contributed by atoms with Crippen LogP contribution >= 0.6 is 0 Å². The molecule has 0 amide bonds. The molecule has 1 N–H and O–H groups in total. The first-order chi connectivity index (χ1) is 9.19. The normalized spacial score (nSPS) is 17.3. The molecule has 0 fully saturated rings. The van der Waals surface area contributed by atoms with Crippen LogP contribution in [0.3, 0.4) is 0 Å². The van der Waals surface area contributed by atoms with E-state index in [2.05, 4.69) is 4.98 Å². The summed E-state index contributed by atoms with van der Waals surface area (Å²) in [6.45, 7) is 0. The first kappa shape index (κ1) is 12.1. The van der Waals surface area contributed by atoms with Gasteiger partial charge < -0.3 is 9.84 Å². The summed E-state index contributed by atoms with van der Waals surface area (Å²) >= 11 is 0. The molecule has 98 valence electrons. The number of methoxy groups -OCH3 is 1. The molecule has 2 aromatic rings. The number of hydrogen-bond acceptors (Lipinski definition) is 3. The van der Waals surface area contributed by atoms with Crippen LogP contribution in [-0.4, -0.2) is 17.2 Å². The quantitative estimate of drug-likeness (QED) is 0.901. The van der Waals surface area contributed by atoms with Crippen LogP contribution in [0.15, 0.2) is 30.5 Å². The summed E-state index contributed by atoms with van der Waals surface area (Å²) in [5.41, 5.74) is 2.89. The van der Waals surface area contributed by atoms with E-state index in [4.69, 9.17) is 4.74 Å². The highest BCUT2D eigenvalue weighted by atomic mass is 19.1. The fourth-order valence-electron chi connectivity index (χ4n) is 2.45. The highest BCUT2D eigenvalue weighted by Crippen LogP contribution is 2.34. The minimum Gasteiger partial charge on any atom is -0.497 e. The maximum atomic E-state index is 13.9. The molecule has 1 aliphatic carbocycles. The van der Waals surface area contributed by atoms with Crippen molar-refractivity contribution in [1.29, 1.82) is 0 Å². The molecule has 1 aliphatic rings. The number of pyridine rings is 1. The number of benzene rings is 1. The van der Waals surface area contributed by atoms with Crippen molar-refractivity contribution in [2.45, 2.75) is 18.9 Å². The van der Waals surface area contributed by atoms with Gasteiger partial charge in [-0.15, -0.1) is 0 Å². The van der Waals surface area contributed by atoms with E-state index in [0.29, 0.717) is 23.4 Å². The number of aromatic nitrogens is 1. The van der Waals surface area contributed by atoms with Crippen LogP contribution in [0, 0.1) is 5.82 Å². The minimum absolute atomic E-state index is 0.327. The van der Waals surface area contributed by atoms with E-state index in [1.165, 1.54) is 6.07 Å².